The lowest BCUT2D eigenvalue weighted by molar-refractivity contribution is 0.236. The third-order valence-corrected chi connectivity index (χ3v) is 1.15. The van der Waals surface area contributed by atoms with Crippen LogP contribution in [0.4, 0.5) is 0 Å². The van der Waals surface area contributed by atoms with Gasteiger partial charge in [-0.1, -0.05) is 6.58 Å². The fraction of sp³-hybridized carbons (Fsp3) is 0.667. The topological polar surface area (TPSA) is 9.23 Å². The van der Waals surface area contributed by atoms with Crippen LogP contribution >= 0.6 is 0 Å². The molecular formula is C6H10O. The molecule has 40 valence electrons. The first-order valence-corrected chi connectivity index (χ1v) is 2.66. The maximum absolute atomic E-state index is 4.92. The van der Waals surface area contributed by atoms with E-state index in [9.17, 15) is 0 Å². The van der Waals surface area contributed by atoms with Gasteiger partial charge in [0.05, 0.1) is 12.9 Å². The highest BCUT2D eigenvalue weighted by atomic mass is 16.5. The van der Waals surface area contributed by atoms with Gasteiger partial charge in [0.1, 0.15) is 0 Å². The Morgan fingerprint density at radius 3 is 2.86 bits per heavy atom. The molecular weight excluding hydrogens is 88.1 g/mol. The van der Waals surface area contributed by atoms with E-state index in [0.717, 1.165) is 12.5 Å². The molecule has 1 saturated carbocycles. The number of hydrogen-bond acceptors (Lipinski definition) is 1. The summed E-state index contributed by atoms with van der Waals surface area (Å²) in [5.74, 6) is 0.859. The Balaban J connectivity index is 1.88. The Kier molecular flexibility index (Phi) is 1.35. The molecule has 1 rings (SSSR count). The third kappa shape index (κ3) is 1.62. The number of ether oxygens (including phenoxy) is 1. The smallest absolute Gasteiger partial charge is 0.0901 e. The second kappa shape index (κ2) is 2.01. The molecule has 0 aromatic heterocycles. The van der Waals surface area contributed by atoms with Crippen molar-refractivity contribution in [3.8, 4) is 0 Å². The van der Waals surface area contributed by atoms with Crippen LogP contribution in [0.1, 0.15) is 12.8 Å². The standard InChI is InChI=1S/C6H10O/c1-2-7-5-6-3-4-6/h2,6H,1,3-5H2. The molecule has 1 fully saturated rings. The first-order valence-electron chi connectivity index (χ1n) is 2.66. The van der Waals surface area contributed by atoms with Crippen molar-refractivity contribution in [1.82, 2.24) is 0 Å². The van der Waals surface area contributed by atoms with Crippen molar-refractivity contribution in [3.05, 3.63) is 12.8 Å². The van der Waals surface area contributed by atoms with E-state index < -0.39 is 0 Å². The Morgan fingerprint density at radius 1 is 1.71 bits per heavy atom. The van der Waals surface area contributed by atoms with Crippen molar-refractivity contribution in [2.24, 2.45) is 5.92 Å². The van der Waals surface area contributed by atoms with Crippen molar-refractivity contribution in [2.75, 3.05) is 6.61 Å². The van der Waals surface area contributed by atoms with Gasteiger partial charge < -0.3 is 4.74 Å². The third-order valence-electron chi connectivity index (χ3n) is 1.15. The molecule has 0 radical (unpaired) electrons. The lowest BCUT2D eigenvalue weighted by Gasteiger charge is -1.92. The van der Waals surface area contributed by atoms with Gasteiger partial charge in [0.2, 0.25) is 0 Å². The zero-order chi connectivity index (χ0) is 5.11. The minimum absolute atomic E-state index is 0.859. The molecule has 1 nitrogen and oxygen atoms in total. The van der Waals surface area contributed by atoms with Crippen LogP contribution in [-0.2, 0) is 4.74 Å². The Morgan fingerprint density at radius 2 is 2.43 bits per heavy atom. The average Bonchev–Trinajstić information content (AvgIpc) is 2.42. The fourth-order valence-corrected chi connectivity index (χ4v) is 0.489. The number of rotatable bonds is 3. The van der Waals surface area contributed by atoms with Crippen molar-refractivity contribution in [2.45, 2.75) is 12.8 Å². The molecule has 1 aliphatic rings. The molecule has 0 aromatic rings. The van der Waals surface area contributed by atoms with Gasteiger partial charge in [-0.25, -0.2) is 0 Å². The van der Waals surface area contributed by atoms with Gasteiger partial charge in [0, 0.05) is 0 Å². The summed E-state index contributed by atoms with van der Waals surface area (Å²) in [4.78, 5) is 0. The van der Waals surface area contributed by atoms with Crippen LogP contribution < -0.4 is 0 Å². The van der Waals surface area contributed by atoms with Crippen molar-refractivity contribution < 1.29 is 4.74 Å². The SMILES string of the molecule is C=COCC1CC1. The molecule has 0 aromatic carbocycles. The molecule has 0 unspecified atom stereocenters. The van der Waals surface area contributed by atoms with Crippen molar-refractivity contribution in [3.63, 3.8) is 0 Å². The van der Waals surface area contributed by atoms with Crippen LogP contribution in [0.5, 0.6) is 0 Å². The van der Waals surface area contributed by atoms with E-state index in [2.05, 4.69) is 6.58 Å². The van der Waals surface area contributed by atoms with Gasteiger partial charge in [0.25, 0.3) is 0 Å². The fourth-order valence-electron chi connectivity index (χ4n) is 0.489. The van der Waals surface area contributed by atoms with E-state index in [1.165, 1.54) is 19.1 Å². The summed E-state index contributed by atoms with van der Waals surface area (Å²) in [6.45, 7) is 4.33. The monoisotopic (exact) mass is 98.1 g/mol. The van der Waals surface area contributed by atoms with E-state index in [1.807, 2.05) is 0 Å². The summed E-state index contributed by atoms with van der Waals surface area (Å²) in [5.41, 5.74) is 0. The van der Waals surface area contributed by atoms with Crippen LogP contribution in [-0.4, -0.2) is 6.61 Å². The van der Waals surface area contributed by atoms with Crippen LogP contribution in [0.25, 0.3) is 0 Å². The lowest BCUT2D eigenvalue weighted by atomic mass is 10.5. The zero-order valence-corrected chi connectivity index (χ0v) is 4.39. The zero-order valence-electron chi connectivity index (χ0n) is 4.39. The van der Waals surface area contributed by atoms with Gasteiger partial charge in [-0.2, -0.15) is 0 Å². The minimum Gasteiger partial charge on any atom is -0.502 e. The molecule has 0 spiro atoms. The number of hydrogen-bond donors (Lipinski definition) is 0. The second-order valence-electron chi connectivity index (χ2n) is 1.94. The van der Waals surface area contributed by atoms with Gasteiger partial charge in [-0.15, -0.1) is 0 Å². The lowest BCUT2D eigenvalue weighted by Crippen LogP contribution is -1.86. The highest BCUT2D eigenvalue weighted by molar-refractivity contribution is 4.72. The van der Waals surface area contributed by atoms with E-state index >= 15 is 0 Å². The summed E-state index contributed by atoms with van der Waals surface area (Å²) in [7, 11) is 0. The molecule has 0 aliphatic heterocycles. The normalized spacial score (nSPS) is 18.9. The molecule has 7 heavy (non-hydrogen) atoms. The summed E-state index contributed by atoms with van der Waals surface area (Å²) < 4.78 is 4.92. The quantitative estimate of drug-likeness (QED) is 0.487. The van der Waals surface area contributed by atoms with E-state index in [4.69, 9.17) is 4.74 Å². The Hall–Kier alpha value is -0.460. The maximum Gasteiger partial charge on any atom is 0.0901 e. The Labute approximate surface area is 44.0 Å². The molecule has 0 saturated heterocycles. The second-order valence-corrected chi connectivity index (χ2v) is 1.94. The van der Waals surface area contributed by atoms with E-state index in [-0.39, 0.29) is 0 Å². The van der Waals surface area contributed by atoms with Crippen LogP contribution in [0.3, 0.4) is 0 Å². The summed E-state index contributed by atoms with van der Waals surface area (Å²) in [5, 5.41) is 0. The van der Waals surface area contributed by atoms with Crippen LogP contribution in [0.15, 0.2) is 12.8 Å². The molecule has 0 amide bonds. The predicted octanol–water partition coefficient (Wildman–Crippen LogP) is 1.56. The summed E-state index contributed by atoms with van der Waals surface area (Å²) in [6.07, 6.45) is 4.22. The van der Waals surface area contributed by atoms with Crippen LogP contribution in [0, 0.1) is 5.92 Å². The first kappa shape index (κ1) is 4.69. The van der Waals surface area contributed by atoms with Crippen molar-refractivity contribution in [1.29, 1.82) is 0 Å². The largest absolute Gasteiger partial charge is 0.502 e. The first-order chi connectivity index (χ1) is 3.43. The Bertz CT molecular complexity index is 64.6. The highest BCUT2D eigenvalue weighted by Gasteiger charge is 2.20. The summed E-state index contributed by atoms with van der Waals surface area (Å²) in [6, 6.07) is 0. The molecule has 0 bridgehead atoms. The van der Waals surface area contributed by atoms with Gasteiger partial charge in [-0.3, -0.25) is 0 Å². The van der Waals surface area contributed by atoms with Gasteiger partial charge in [0.15, 0.2) is 0 Å². The van der Waals surface area contributed by atoms with Gasteiger partial charge in [-0.05, 0) is 18.8 Å². The van der Waals surface area contributed by atoms with E-state index in [0.29, 0.717) is 0 Å². The molecule has 1 heteroatoms. The average molecular weight is 98.1 g/mol. The van der Waals surface area contributed by atoms with E-state index in [1.54, 1.807) is 0 Å². The molecule has 1 aliphatic carbocycles. The molecule has 0 heterocycles. The summed E-state index contributed by atoms with van der Waals surface area (Å²) >= 11 is 0. The maximum atomic E-state index is 4.92. The molecule has 0 N–H and O–H groups in total. The minimum atomic E-state index is 0.859. The van der Waals surface area contributed by atoms with Gasteiger partial charge >= 0.3 is 0 Å². The predicted molar refractivity (Wildman–Crippen MR) is 28.9 cm³/mol. The van der Waals surface area contributed by atoms with Crippen molar-refractivity contribution >= 4 is 0 Å². The highest BCUT2D eigenvalue weighted by Crippen LogP contribution is 2.28. The molecule has 0 atom stereocenters. The van der Waals surface area contributed by atoms with Crippen LogP contribution in [0.2, 0.25) is 0 Å².